The number of rotatable bonds is 1. The lowest BCUT2D eigenvalue weighted by atomic mass is 9.84. The molecule has 1 aliphatic rings. The molecule has 0 aliphatic carbocycles. The Morgan fingerprint density at radius 2 is 2.00 bits per heavy atom. The highest BCUT2D eigenvalue weighted by molar-refractivity contribution is 6.30. The summed E-state index contributed by atoms with van der Waals surface area (Å²) in [4.78, 5) is 0. The van der Waals surface area contributed by atoms with Gasteiger partial charge < -0.3 is 15.6 Å². The topological polar surface area (TPSA) is 55.5 Å². The Morgan fingerprint density at radius 3 is 2.79 bits per heavy atom. The molecule has 4 heteroatoms. The summed E-state index contributed by atoms with van der Waals surface area (Å²) in [5.74, 6) is 0.655. The third-order valence-electron chi connectivity index (χ3n) is 3.52. The lowest BCUT2D eigenvalue weighted by Crippen LogP contribution is -2.36. The van der Waals surface area contributed by atoms with Gasteiger partial charge in [0.2, 0.25) is 0 Å². The van der Waals surface area contributed by atoms with Crippen LogP contribution in [0, 0.1) is 0 Å². The van der Waals surface area contributed by atoms with Gasteiger partial charge in [-0.1, -0.05) is 35.9 Å². The largest absolute Gasteiger partial charge is 0.488 e. The van der Waals surface area contributed by atoms with Gasteiger partial charge in [0.15, 0.2) is 0 Å². The summed E-state index contributed by atoms with van der Waals surface area (Å²) in [6.07, 6.45) is 0. The van der Waals surface area contributed by atoms with Gasteiger partial charge >= 0.3 is 0 Å². The van der Waals surface area contributed by atoms with Crippen molar-refractivity contribution in [3.05, 3.63) is 64.2 Å². The van der Waals surface area contributed by atoms with E-state index < -0.39 is 5.60 Å². The van der Waals surface area contributed by atoms with Crippen molar-refractivity contribution in [3.8, 4) is 5.75 Å². The van der Waals surface area contributed by atoms with Crippen LogP contribution in [0.1, 0.15) is 16.7 Å². The first-order valence-corrected chi connectivity index (χ1v) is 6.46. The maximum absolute atomic E-state index is 11.0. The number of hydrogen-bond acceptors (Lipinski definition) is 3. The Balaban J connectivity index is 2.28. The number of ether oxygens (including phenoxy) is 1. The molecular weight excluding hydrogens is 262 g/mol. The molecule has 1 heterocycles. The lowest BCUT2D eigenvalue weighted by molar-refractivity contribution is 0.0894. The fraction of sp³-hybridized carbons (Fsp3) is 0.200. The number of para-hydroxylation sites is 1. The highest BCUT2D eigenvalue weighted by Gasteiger charge is 2.36. The third-order valence-corrected chi connectivity index (χ3v) is 3.76. The molecule has 3 nitrogen and oxygen atoms in total. The van der Waals surface area contributed by atoms with E-state index in [2.05, 4.69) is 0 Å². The Bertz CT molecular complexity index is 629. The van der Waals surface area contributed by atoms with Crippen LogP contribution >= 0.6 is 11.6 Å². The van der Waals surface area contributed by atoms with E-state index in [1.165, 1.54) is 0 Å². The standard InChI is InChI=1S/C15H14ClNO2/c16-11-5-6-12-10(7-11)8-19-14-4-2-1-3-13(14)15(12,18)9-17/h1-7,18H,8-9,17H2. The molecule has 0 fully saturated rings. The molecule has 0 saturated carbocycles. The third kappa shape index (κ3) is 1.91. The van der Waals surface area contributed by atoms with Gasteiger partial charge in [-0.2, -0.15) is 0 Å². The van der Waals surface area contributed by atoms with Gasteiger partial charge in [-0.25, -0.2) is 0 Å². The number of benzene rings is 2. The number of hydrogen-bond donors (Lipinski definition) is 2. The van der Waals surface area contributed by atoms with Crippen LogP contribution in [0.4, 0.5) is 0 Å². The maximum atomic E-state index is 11.0. The average Bonchev–Trinajstić information content (AvgIpc) is 2.55. The molecule has 3 N–H and O–H groups in total. The van der Waals surface area contributed by atoms with Crippen molar-refractivity contribution in [2.45, 2.75) is 12.2 Å². The molecule has 1 atom stereocenters. The maximum Gasteiger partial charge on any atom is 0.131 e. The molecule has 0 aromatic heterocycles. The predicted molar refractivity (Wildman–Crippen MR) is 74.3 cm³/mol. The first-order chi connectivity index (χ1) is 9.15. The van der Waals surface area contributed by atoms with Gasteiger partial charge in [-0.3, -0.25) is 0 Å². The van der Waals surface area contributed by atoms with Gasteiger partial charge in [-0.05, 0) is 29.3 Å². The zero-order chi connectivity index (χ0) is 13.5. The van der Waals surface area contributed by atoms with Gasteiger partial charge in [0.25, 0.3) is 0 Å². The second kappa shape index (κ2) is 4.53. The Kier molecular flexibility index (Phi) is 2.97. The van der Waals surface area contributed by atoms with Crippen LogP contribution in [0.3, 0.4) is 0 Å². The summed E-state index contributed by atoms with van der Waals surface area (Å²) < 4.78 is 5.75. The van der Waals surface area contributed by atoms with Crippen LogP contribution in [0.5, 0.6) is 5.75 Å². The summed E-state index contributed by atoms with van der Waals surface area (Å²) >= 11 is 6.01. The monoisotopic (exact) mass is 275 g/mol. The van der Waals surface area contributed by atoms with Crippen LogP contribution < -0.4 is 10.5 Å². The predicted octanol–water partition coefficient (Wildman–Crippen LogP) is 2.43. The summed E-state index contributed by atoms with van der Waals surface area (Å²) in [7, 11) is 0. The number of nitrogens with two attached hydrogens (primary N) is 1. The molecule has 19 heavy (non-hydrogen) atoms. The second-order valence-corrected chi connectivity index (χ2v) is 5.09. The summed E-state index contributed by atoms with van der Waals surface area (Å²) in [5.41, 5.74) is 6.90. The Hall–Kier alpha value is -1.55. The molecule has 0 radical (unpaired) electrons. The van der Waals surface area contributed by atoms with Gasteiger partial charge in [0.1, 0.15) is 18.0 Å². The Labute approximate surface area is 116 Å². The van der Waals surface area contributed by atoms with Gasteiger partial charge in [-0.15, -0.1) is 0 Å². The number of aliphatic hydroxyl groups is 1. The van der Waals surface area contributed by atoms with Crippen molar-refractivity contribution in [1.29, 1.82) is 0 Å². The molecule has 0 spiro atoms. The molecule has 1 unspecified atom stereocenters. The molecule has 98 valence electrons. The molecule has 2 aromatic carbocycles. The smallest absolute Gasteiger partial charge is 0.131 e. The Morgan fingerprint density at radius 1 is 1.21 bits per heavy atom. The minimum absolute atomic E-state index is 0.0853. The fourth-order valence-corrected chi connectivity index (χ4v) is 2.73. The SMILES string of the molecule is NCC1(O)c2ccc(Cl)cc2COc2ccccc21. The quantitative estimate of drug-likeness (QED) is 0.840. The van der Waals surface area contributed by atoms with E-state index in [0.717, 1.165) is 11.1 Å². The second-order valence-electron chi connectivity index (χ2n) is 4.65. The van der Waals surface area contributed by atoms with Crippen LogP contribution in [-0.4, -0.2) is 11.7 Å². The molecule has 2 aromatic rings. The minimum atomic E-state index is -1.24. The average molecular weight is 276 g/mol. The summed E-state index contributed by atoms with van der Waals surface area (Å²) in [6, 6.07) is 12.8. The first kappa shape index (κ1) is 12.5. The van der Waals surface area contributed by atoms with E-state index in [9.17, 15) is 5.11 Å². The molecule has 0 bridgehead atoms. The van der Waals surface area contributed by atoms with Crippen molar-refractivity contribution in [2.24, 2.45) is 5.73 Å². The van der Waals surface area contributed by atoms with E-state index in [4.69, 9.17) is 22.1 Å². The van der Waals surface area contributed by atoms with E-state index >= 15 is 0 Å². The summed E-state index contributed by atoms with van der Waals surface area (Å²) in [6.45, 7) is 0.456. The van der Waals surface area contributed by atoms with Crippen LogP contribution in [0.2, 0.25) is 5.02 Å². The van der Waals surface area contributed by atoms with Gasteiger partial charge in [0, 0.05) is 17.1 Å². The fourth-order valence-electron chi connectivity index (χ4n) is 2.54. The van der Waals surface area contributed by atoms with Gasteiger partial charge in [0.05, 0.1) is 0 Å². The number of halogens is 1. The van der Waals surface area contributed by atoms with Crippen molar-refractivity contribution in [2.75, 3.05) is 6.54 Å². The highest BCUT2D eigenvalue weighted by atomic mass is 35.5. The van der Waals surface area contributed by atoms with Crippen LogP contribution in [-0.2, 0) is 12.2 Å². The van der Waals surface area contributed by atoms with E-state index in [1.807, 2.05) is 36.4 Å². The minimum Gasteiger partial charge on any atom is -0.488 e. The van der Waals surface area contributed by atoms with Crippen molar-refractivity contribution in [3.63, 3.8) is 0 Å². The molecular formula is C15H14ClNO2. The van der Waals surface area contributed by atoms with Crippen molar-refractivity contribution in [1.82, 2.24) is 0 Å². The highest BCUT2D eigenvalue weighted by Crippen LogP contribution is 2.40. The number of fused-ring (bicyclic) bond motifs is 2. The lowest BCUT2D eigenvalue weighted by Gasteiger charge is -2.28. The summed E-state index contributed by atoms with van der Waals surface area (Å²) in [5, 5.41) is 11.6. The van der Waals surface area contributed by atoms with E-state index in [0.29, 0.717) is 22.9 Å². The zero-order valence-corrected chi connectivity index (χ0v) is 11.0. The van der Waals surface area contributed by atoms with Crippen molar-refractivity contribution < 1.29 is 9.84 Å². The van der Waals surface area contributed by atoms with E-state index in [-0.39, 0.29) is 6.54 Å². The first-order valence-electron chi connectivity index (χ1n) is 6.09. The van der Waals surface area contributed by atoms with E-state index in [1.54, 1.807) is 6.07 Å². The normalized spacial score (nSPS) is 21.0. The molecule has 1 aliphatic heterocycles. The molecule has 3 rings (SSSR count). The van der Waals surface area contributed by atoms with Crippen LogP contribution in [0.25, 0.3) is 0 Å². The molecule has 0 saturated heterocycles. The van der Waals surface area contributed by atoms with Crippen LogP contribution in [0.15, 0.2) is 42.5 Å². The molecule has 0 amide bonds. The zero-order valence-electron chi connectivity index (χ0n) is 10.3. The van der Waals surface area contributed by atoms with Crippen molar-refractivity contribution >= 4 is 11.6 Å².